The number of alkyl halides is 1. The van der Waals surface area contributed by atoms with Crippen LogP contribution in [0.4, 0.5) is 0 Å². The lowest BCUT2D eigenvalue weighted by atomic mass is 10.3. The number of halogens is 3. The Morgan fingerprint density at radius 1 is 1.35 bits per heavy atom. The first kappa shape index (κ1) is 15.4. The number of imidazole rings is 1. The van der Waals surface area contributed by atoms with Gasteiger partial charge in [0.05, 0.1) is 26.5 Å². The largest absolute Gasteiger partial charge is 0.347 e. The van der Waals surface area contributed by atoms with Crippen LogP contribution in [0.15, 0.2) is 12.1 Å². The quantitative estimate of drug-likeness (QED) is 0.802. The molecule has 1 heterocycles. The number of hydrogen-bond acceptors (Lipinski definition) is 2. The van der Waals surface area contributed by atoms with Crippen molar-refractivity contribution in [3.63, 3.8) is 0 Å². The summed E-state index contributed by atoms with van der Waals surface area (Å²) in [6.45, 7) is 1.97. The summed E-state index contributed by atoms with van der Waals surface area (Å²) in [5, 5.41) is 0.526. The molecule has 1 aromatic carbocycles. The van der Waals surface area contributed by atoms with Crippen LogP contribution in [0.1, 0.15) is 18.1 Å². The van der Waals surface area contributed by atoms with Gasteiger partial charge in [0.2, 0.25) is 5.91 Å². The summed E-state index contributed by atoms with van der Waals surface area (Å²) in [6, 6.07) is 3.39. The van der Waals surface area contributed by atoms with Crippen LogP contribution in [0, 0.1) is 0 Å². The summed E-state index contributed by atoms with van der Waals surface area (Å²) in [7, 11) is 3.41. The molecule has 0 aliphatic carbocycles. The molecular weight excluding hydrogens is 321 g/mol. The predicted molar refractivity (Wildman–Crippen MR) is 82.7 cm³/mol. The molecule has 1 aromatic heterocycles. The Morgan fingerprint density at radius 2 is 1.95 bits per heavy atom. The minimum Gasteiger partial charge on any atom is -0.347 e. The Kier molecular flexibility index (Phi) is 4.47. The van der Waals surface area contributed by atoms with Crippen LogP contribution < -0.4 is 0 Å². The van der Waals surface area contributed by atoms with Crippen LogP contribution in [0.5, 0.6) is 0 Å². The summed E-state index contributed by atoms with van der Waals surface area (Å²) < 4.78 is 1.78. The molecule has 7 heteroatoms. The van der Waals surface area contributed by atoms with Gasteiger partial charge in [-0.1, -0.05) is 23.2 Å². The molecule has 1 atom stereocenters. The number of fused-ring (bicyclic) bond motifs is 1. The van der Waals surface area contributed by atoms with Crippen LogP contribution in [0.25, 0.3) is 11.0 Å². The predicted octanol–water partition coefficient (Wildman–Crippen LogP) is 3.73. The van der Waals surface area contributed by atoms with Gasteiger partial charge in [0.15, 0.2) is 0 Å². The number of hydrogen-bond donors (Lipinski definition) is 0. The zero-order valence-electron chi connectivity index (χ0n) is 11.3. The average Bonchev–Trinajstić information content (AvgIpc) is 2.68. The second kappa shape index (κ2) is 5.80. The minimum atomic E-state index is -0.324. The van der Waals surface area contributed by atoms with Crippen LogP contribution in [-0.4, -0.2) is 34.5 Å². The highest BCUT2D eigenvalue weighted by molar-refractivity contribution is 6.42. The Hall–Kier alpha value is -0.970. The molecule has 1 amide bonds. The molecule has 0 aliphatic rings. The molecule has 0 aliphatic heterocycles. The topological polar surface area (TPSA) is 38.1 Å². The third-order valence-electron chi connectivity index (χ3n) is 2.97. The van der Waals surface area contributed by atoms with Crippen molar-refractivity contribution in [3.05, 3.63) is 28.0 Å². The number of amides is 1. The Bertz CT molecular complexity index is 664. The lowest BCUT2D eigenvalue weighted by molar-refractivity contribution is -0.129. The second-order valence-corrected chi connectivity index (χ2v) is 6.18. The highest BCUT2D eigenvalue weighted by Crippen LogP contribution is 2.31. The molecule has 4 nitrogen and oxygen atoms in total. The van der Waals surface area contributed by atoms with Crippen molar-refractivity contribution < 1.29 is 4.79 Å². The normalized spacial score (nSPS) is 12.7. The minimum absolute atomic E-state index is 0.0473. The monoisotopic (exact) mass is 333 g/mol. The fourth-order valence-electron chi connectivity index (χ4n) is 1.89. The van der Waals surface area contributed by atoms with E-state index in [1.807, 2.05) is 6.92 Å². The maximum absolute atomic E-state index is 12.0. The Balaban J connectivity index is 2.62. The van der Waals surface area contributed by atoms with Gasteiger partial charge in [-0.25, -0.2) is 4.98 Å². The van der Waals surface area contributed by atoms with E-state index in [2.05, 4.69) is 4.98 Å². The zero-order valence-corrected chi connectivity index (χ0v) is 13.6. The summed E-state index contributed by atoms with van der Waals surface area (Å²) in [5.41, 5.74) is 1.42. The van der Waals surface area contributed by atoms with Crippen molar-refractivity contribution in [2.24, 2.45) is 0 Å². The third-order valence-corrected chi connectivity index (χ3v) is 3.89. The SMILES string of the molecule is CC(Cl)c1nc2cc(Cl)c(Cl)cc2n1CC(=O)N(C)C. The summed E-state index contributed by atoms with van der Waals surface area (Å²) >= 11 is 18.2. The number of rotatable bonds is 3. The van der Waals surface area contributed by atoms with E-state index < -0.39 is 0 Å². The van der Waals surface area contributed by atoms with Crippen molar-refractivity contribution in [1.29, 1.82) is 0 Å². The first-order chi connectivity index (χ1) is 9.31. The van der Waals surface area contributed by atoms with Crippen LogP contribution in [-0.2, 0) is 11.3 Å². The van der Waals surface area contributed by atoms with Crippen molar-refractivity contribution in [1.82, 2.24) is 14.5 Å². The Labute approximate surface area is 132 Å². The van der Waals surface area contributed by atoms with Crippen molar-refractivity contribution in [3.8, 4) is 0 Å². The van der Waals surface area contributed by atoms with Crippen LogP contribution >= 0.6 is 34.8 Å². The van der Waals surface area contributed by atoms with Gasteiger partial charge < -0.3 is 9.47 Å². The summed E-state index contributed by atoms with van der Waals surface area (Å²) in [5.74, 6) is 0.573. The van der Waals surface area contributed by atoms with Gasteiger partial charge in [-0.3, -0.25) is 4.79 Å². The van der Waals surface area contributed by atoms with Crippen LogP contribution in [0.2, 0.25) is 10.0 Å². The van der Waals surface area contributed by atoms with E-state index in [0.29, 0.717) is 21.4 Å². The molecule has 2 aromatic rings. The maximum Gasteiger partial charge on any atom is 0.242 e. The van der Waals surface area contributed by atoms with E-state index in [-0.39, 0.29) is 17.8 Å². The highest BCUT2D eigenvalue weighted by Gasteiger charge is 2.19. The van der Waals surface area contributed by atoms with E-state index in [9.17, 15) is 4.79 Å². The molecule has 0 saturated carbocycles. The first-order valence-corrected chi connectivity index (χ1v) is 7.20. The maximum atomic E-state index is 12.0. The molecule has 2 rings (SSSR count). The standard InChI is InChI=1S/C13H14Cl3N3O/c1-7(14)13-17-10-4-8(15)9(16)5-11(10)19(13)6-12(20)18(2)3/h4-5,7H,6H2,1-3H3. The molecule has 108 valence electrons. The number of carbonyl (C=O) groups excluding carboxylic acids is 1. The molecule has 0 spiro atoms. The van der Waals surface area contributed by atoms with E-state index in [1.165, 1.54) is 4.90 Å². The molecule has 0 fully saturated rings. The van der Waals surface area contributed by atoms with Gasteiger partial charge in [-0.05, 0) is 19.1 Å². The fourth-order valence-corrected chi connectivity index (χ4v) is 2.37. The zero-order chi connectivity index (χ0) is 15.0. The van der Waals surface area contributed by atoms with Gasteiger partial charge in [0.25, 0.3) is 0 Å². The van der Waals surface area contributed by atoms with Crippen LogP contribution in [0.3, 0.4) is 0 Å². The molecule has 1 unspecified atom stereocenters. The highest BCUT2D eigenvalue weighted by atomic mass is 35.5. The fraction of sp³-hybridized carbons (Fsp3) is 0.385. The van der Waals surface area contributed by atoms with E-state index in [0.717, 1.165) is 5.52 Å². The number of aromatic nitrogens is 2. The number of nitrogens with zero attached hydrogens (tertiary/aromatic N) is 3. The average molecular weight is 335 g/mol. The molecule has 0 N–H and O–H groups in total. The van der Waals surface area contributed by atoms with Crippen molar-refractivity contribution in [2.45, 2.75) is 18.8 Å². The molecule has 0 saturated heterocycles. The molecule has 0 radical (unpaired) electrons. The lowest BCUT2D eigenvalue weighted by Gasteiger charge is -2.14. The first-order valence-electron chi connectivity index (χ1n) is 6.00. The lowest BCUT2D eigenvalue weighted by Crippen LogP contribution is -2.27. The van der Waals surface area contributed by atoms with Gasteiger partial charge in [-0.2, -0.15) is 0 Å². The Morgan fingerprint density at radius 3 is 2.50 bits per heavy atom. The summed E-state index contributed by atoms with van der Waals surface area (Å²) in [6.07, 6.45) is 0. The molecule has 0 bridgehead atoms. The summed E-state index contributed by atoms with van der Waals surface area (Å²) in [4.78, 5) is 17.9. The van der Waals surface area contributed by atoms with E-state index >= 15 is 0 Å². The van der Waals surface area contributed by atoms with Gasteiger partial charge in [0, 0.05) is 14.1 Å². The number of likely N-dealkylation sites (N-methyl/N-ethyl adjacent to an activating group) is 1. The van der Waals surface area contributed by atoms with Gasteiger partial charge in [0.1, 0.15) is 12.4 Å². The molecular formula is C13H14Cl3N3O. The van der Waals surface area contributed by atoms with Gasteiger partial charge in [-0.15, -0.1) is 11.6 Å². The van der Waals surface area contributed by atoms with Crippen molar-refractivity contribution in [2.75, 3.05) is 14.1 Å². The van der Waals surface area contributed by atoms with E-state index in [1.54, 1.807) is 30.8 Å². The molecule has 20 heavy (non-hydrogen) atoms. The second-order valence-electron chi connectivity index (χ2n) is 4.72. The van der Waals surface area contributed by atoms with Crippen molar-refractivity contribution >= 4 is 51.7 Å². The van der Waals surface area contributed by atoms with Gasteiger partial charge >= 0.3 is 0 Å². The number of benzene rings is 1. The third kappa shape index (κ3) is 2.87. The number of carbonyl (C=O) groups is 1. The smallest absolute Gasteiger partial charge is 0.242 e. The van der Waals surface area contributed by atoms with E-state index in [4.69, 9.17) is 34.8 Å².